The number of nitrogens with zero attached hydrogens (tertiary/aromatic N) is 5. The van der Waals surface area contributed by atoms with Gasteiger partial charge in [0.15, 0.2) is 5.69 Å². The minimum Gasteiger partial charge on any atom is -0.398 e. The molecule has 0 aliphatic heterocycles. The lowest BCUT2D eigenvalue weighted by atomic mass is 10.2. The van der Waals surface area contributed by atoms with Crippen LogP contribution in [0, 0.1) is 5.82 Å². The van der Waals surface area contributed by atoms with E-state index in [-0.39, 0.29) is 27.0 Å². The maximum Gasteiger partial charge on any atom is 0.434 e. The zero-order chi connectivity index (χ0) is 24.6. The molecule has 34 heavy (non-hydrogen) atoms. The molecule has 0 atom stereocenters. The van der Waals surface area contributed by atoms with Crippen molar-refractivity contribution in [3.05, 3.63) is 71.0 Å². The Morgan fingerprint density at radius 1 is 1.12 bits per heavy atom. The molecular weight excluding hydrogens is 500 g/mol. The van der Waals surface area contributed by atoms with Crippen LogP contribution in [0.3, 0.4) is 0 Å². The van der Waals surface area contributed by atoms with Gasteiger partial charge in [0, 0.05) is 11.8 Å². The van der Waals surface area contributed by atoms with Crippen LogP contribution >= 0.6 is 23.5 Å². The maximum atomic E-state index is 14.6. The Morgan fingerprint density at radius 2 is 1.82 bits per heavy atom. The first-order valence-corrected chi connectivity index (χ1v) is 10.5. The van der Waals surface area contributed by atoms with Gasteiger partial charge in [0.2, 0.25) is 0 Å². The Labute approximate surface area is 197 Å². The van der Waals surface area contributed by atoms with Crippen LogP contribution in [-0.4, -0.2) is 30.7 Å². The first-order valence-electron chi connectivity index (χ1n) is 9.19. The maximum absolute atomic E-state index is 14.6. The second-order valence-electron chi connectivity index (χ2n) is 6.69. The van der Waals surface area contributed by atoms with Crippen molar-refractivity contribution in [1.29, 1.82) is 0 Å². The molecule has 4 aromatic rings. The second kappa shape index (κ2) is 8.96. The fourth-order valence-corrected chi connectivity index (χ4v) is 3.84. The number of nitrogens with one attached hydrogen (secondary N) is 1. The van der Waals surface area contributed by atoms with Crippen LogP contribution in [0.5, 0.6) is 0 Å². The molecule has 0 saturated heterocycles. The molecule has 5 N–H and O–H groups in total. The normalized spacial score (nSPS) is 11.6. The molecule has 2 heterocycles. The molecule has 0 unspecified atom stereocenters. The van der Waals surface area contributed by atoms with E-state index < -0.39 is 34.8 Å². The zero-order valence-electron chi connectivity index (χ0n) is 16.7. The molecule has 0 bridgehead atoms. The Kier molecular flexibility index (Phi) is 6.20. The molecule has 0 fully saturated rings. The molecule has 15 heteroatoms. The molecule has 2 aromatic carbocycles. The van der Waals surface area contributed by atoms with Crippen LogP contribution in [-0.2, 0) is 6.18 Å². The van der Waals surface area contributed by atoms with E-state index in [4.69, 9.17) is 22.5 Å². The van der Waals surface area contributed by atoms with Crippen LogP contribution in [0.2, 0.25) is 5.02 Å². The lowest BCUT2D eigenvalue weighted by Crippen LogP contribution is -2.21. The Morgan fingerprint density at radius 3 is 2.47 bits per heavy atom. The second-order valence-corrected chi connectivity index (χ2v) is 7.74. The van der Waals surface area contributed by atoms with Crippen molar-refractivity contribution in [2.75, 3.05) is 11.1 Å². The minimum atomic E-state index is -5.00. The number of hydrogen-bond acceptors (Lipinski definition) is 7. The van der Waals surface area contributed by atoms with Gasteiger partial charge in [-0.15, -0.1) is 4.80 Å². The van der Waals surface area contributed by atoms with Gasteiger partial charge in [-0.25, -0.2) is 9.07 Å². The van der Waals surface area contributed by atoms with Crippen molar-refractivity contribution in [2.24, 2.45) is 5.14 Å². The fourth-order valence-electron chi connectivity index (χ4n) is 3.12. The molecule has 0 saturated carbocycles. The van der Waals surface area contributed by atoms with E-state index in [2.05, 4.69) is 20.6 Å². The summed E-state index contributed by atoms with van der Waals surface area (Å²) >= 11 is 6.75. The van der Waals surface area contributed by atoms with E-state index in [1.165, 1.54) is 30.6 Å². The average molecular weight is 513 g/mol. The van der Waals surface area contributed by atoms with Gasteiger partial charge in [-0.1, -0.05) is 17.7 Å². The van der Waals surface area contributed by atoms with Crippen molar-refractivity contribution < 1.29 is 22.4 Å². The third kappa shape index (κ3) is 4.30. The highest BCUT2D eigenvalue weighted by Crippen LogP contribution is 2.37. The van der Waals surface area contributed by atoms with Crippen molar-refractivity contribution in [1.82, 2.24) is 24.8 Å². The Bertz CT molecular complexity index is 1370. The molecule has 4 rings (SSSR count). The molecule has 0 aliphatic rings. The smallest absolute Gasteiger partial charge is 0.398 e. The number of carbonyl (C=O) groups is 1. The molecule has 0 spiro atoms. The molecular formula is C19H13ClF4N8OS. The van der Waals surface area contributed by atoms with Gasteiger partial charge < -0.3 is 11.1 Å². The average Bonchev–Trinajstić information content (AvgIpc) is 3.45. The monoisotopic (exact) mass is 512 g/mol. The summed E-state index contributed by atoms with van der Waals surface area (Å²) in [5, 5.41) is 19.0. The van der Waals surface area contributed by atoms with Crippen molar-refractivity contribution >= 4 is 40.8 Å². The van der Waals surface area contributed by atoms with Crippen LogP contribution in [0.15, 0.2) is 53.8 Å². The van der Waals surface area contributed by atoms with E-state index in [1.54, 1.807) is 0 Å². The number of anilines is 2. The van der Waals surface area contributed by atoms with E-state index in [0.717, 1.165) is 16.9 Å². The summed E-state index contributed by atoms with van der Waals surface area (Å²) in [4.78, 5) is 13.9. The zero-order valence-corrected chi connectivity index (χ0v) is 18.3. The van der Waals surface area contributed by atoms with Gasteiger partial charge >= 0.3 is 6.18 Å². The molecule has 0 aliphatic carbocycles. The van der Waals surface area contributed by atoms with Crippen LogP contribution in [0.25, 0.3) is 11.4 Å². The van der Waals surface area contributed by atoms with Gasteiger partial charge in [0.05, 0.1) is 45.4 Å². The van der Waals surface area contributed by atoms with Crippen LogP contribution in [0.1, 0.15) is 16.1 Å². The van der Waals surface area contributed by atoms with E-state index in [9.17, 15) is 22.4 Å². The van der Waals surface area contributed by atoms with Crippen LogP contribution < -0.4 is 16.2 Å². The number of halogens is 5. The molecule has 176 valence electrons. The number of amides is 1. The largest absolute Gasteiger partial charge is 0.434 e. The summed E-state index contributed by atoms with van der Waals surface area (Å²) in [6, 6.07) is 6.16. The molecule has 1 amide bonds. The van der Waals surface area contributed by atoms with Crippen molar-refractivity contribution in [3.8, 4) is 11.4 Å². The number of rotatable bonds is 5. The van der Waals surface area contributed by atoms with Crippen molar-refractivity contribution in [2.45, 2.75) is 11.1 Å². The fraction of sp³-hybridized carbons (Fsp3) is 0.0526. The van der Waals surface area contributed by atoms with E-state index in [1.807, 2.05) is 0 Å². The number of benzene rings is 2. The SMILES string of the molecule is NSc1c(N)cccc1-n1ncc(C(=O)Nc2cc(Cl)c(-n3nccn3)cc2F)c1C(F)(F)F. The topological polar surface area (TPSA) is 130 Å². The predicted molar refractivity (Wildman–Crippen MR) is 117 cm³/mol. The van der Waals surface area contributed by atoms with E-state index >= 15 is 0 Å². The number of nitrogens with two attached hydrogens (primary N) is 2. The quantitative estimate of drug-likeness (QED) is 0.209. The highest BCUT2D eigenvalue weighted by atomic mass is 35.5. The summed E-state index contributed by atoms with van der Waals surface area (Å²) in [5.74, 6) is -2.23. The summed E-state index contributed by atoms with van der Waals surface area (Å²) in [7, 11) is 0. The molecule has 0 radical (unpaired) electrons. The summed E-state index contributed by atoms with van der Waals surface area (Å²) in [6.45, 7) is 0. The first-order chi connectivity index (χ1) is 16.1. The Balaban J connectivity index is 1.74. The standard InChI is InChI=1S/C19H13ClF4N8OS/c20-10-6-13(11(21)7-15(10)32-27-4-5-28-32)30-18(33)9-8-29-31(17(9)19(22,23)24)14-3-1-2-12(25)16(14)34-26/h1-8H,25-26H2,(H,30,33). The highest BCUT2D eigenvalue weighted by Gasteiger charge is 2.41. The van der Waals surface area contributed by atoms with Gasteiger partial charge in [-0.05, 0) is 30.1 Å². The summed E-state index contributed by atoms with van der Waals surface area (Å²) in [6.07, 6.45) is -1.60. The lowest BCUT2D eigenvalue weighted by Gasteiger charge is -2.16. The highest BCUT2D eigenvalue weighted by molar-refractivity contribution is 7.97. The third-order valence-electron chi connectivity index (χ3n) is 4.57. The number of hydrogen-bond donors (Lipinski definition) is 3. The summed E-state index contributed by atoms with van der Waals surface area (Å²) in [5.41, 5.74) is 3.23. The van der Waals surface area contributed by atoms with Crippen molar-refractivity contribution in [3.63, 3.8) is 0 Å². The van der Waals surface area contributed by atoms with Gasteiger partial charge in [0.25, 0.3) is 5.91 Å². The molecule has 9 nitrogen and oxygen atoms in total. The Hall–Kier alpha value is -3.62. The predicted octanol–water partition coefficient (Wildman–Crippen LogP) is 4.06. The van der Waals surface area contributed by atoms with Gasteiger partial charge in [-0.3, -0.25) is 9.93 Å². The number of alkyl halides is 3. The number of aromatic nitrogens is 5. The first kappa shape index (κ1) is 23.5. The van der Waals surface area contributed by atoms with Gasteiger partial charge in [-0.2, -0.15) is 28.5 Å². The van der Waals surface area contributed by atoms with Crippen LogP contribution in [0.4, 0.5) is 28.9 Å². The minimum absolute atomic E-state index is 0.0518. The number of nitrogen functional groups attached to an aromatic ring is 1. The summed E-state index contributed by atoms with van der Waals surface area (Å²) < 4.78 is 57.1. The number of carbonyl (C=O) groups excluding carboxylic acids is 1. The third-order valence-corrected chi connectivity index (χ3v) is 5.56. The van der Waals surface area contributed by atoms with E-state index in [0.29, 0.717) is 22.8 Å². The molecule has 2 aromatic heterocycles. The lowest BCUT2D eigenvalue weighted by molar-refractivity contribution is -0.143. The van der Waals surface area contributed by atoms with Gasteiger partial charge in [0.1, 0.15) is 11.5 Å².